The number of para-hydroxylation sites is 2. The molecule has 3 aliphatic rings. The van der Waals surface area contributed by atoms with Crippen molar-refractivity contribution >= 4 is 63.0 Å². The Morgan fingerprint density at radius 2 is 1.74 bits per heavy atom. The zero-order valence-electron chi connectivity index (χ0n) is 18.9. The number of thiocarbonyl (C=S) groups is 1. The van der Waals surface area contributed by atoms with E-state index in [-0.39, 0.29) is 30.3 Å². The first-order chi connectivity index (χ1) is 16.5. The first-order valence-electron chi connectivity index (χ1n) is 11.5. The molecule has 174 valence electrons. The van der Waals surface area contributed by atoms with E-state index in [1.165, 1.54) is 23.1 Å². The van der Waals surface area contributed by atoms with E-state index in [1.807, 2.05) is 55.5 Å². The zero-order chi connectivity index (χ0) is 23.8. The highest BCUT2D eigenvalue weighted by Gasteiger charge is 2.44. The van der Waals surface area contributed by atoms with Gasteiger partial charge in [-0.2, -0.15) is 0 Å². The van der Waals surface area contributed by atoms with E-state index in [9.17, 15) is 14.4 Å². The molecule has 6 nitrogen and oxygen atoms in total. The number of fused-ring (bicyclic) bond motifs is 1. The van der Waals surface area contributed by atoms with E-state index in [2.05, 4.69) is 5.32 Å². The largest absolute Gasteiger partial charge is 0.324 e. The lowest BCUT2D eigenvalue weighted by molar-refractivity contribution is -0.124. The molecule has 0 aromatic heterocycles. The number of carbonyl (C=O) groups is 3. The minimum absolute atomic E-state index is 0.0992. The predicted molar refractivity (Wildman–Crippen MR) is 139 cm³/mol. The van der Waals surface area contributed by atoms with Crippen molar-refractivity contribution in [2.24, 2.45) is 0 Å². The Labute approximate surface area is 208 Å². The van der Waals surface area contributed by atoms with Gasteiger partial charge < -0.3 is 5.32 Å². The van der Waals surface area contributed by atoms with Gasteiger partial charge in [0.1, 0.15) is 10.9 Å². The molecular weight excluding hydrogens is 466 g/mol. The van der Waals surface area contributed by atoms with Gasteiger partial charge in [0, 0.05) is 17.3 Å². The molecule has 8 heteroatoms. The molecule has 2 aliphatic heterocycles. The van der Waals surface area contributed by atoms with E-state index < -0.39 is 0 Å². The van der Waals surface area contributed by atoms with Crippen molar-refractivity contribution < 1.29 is 14.4 Å². The number of rotatable bonds is 4. The van der Waals surface area contributed by atoms with E-state index in [0.29, 0.717) is 31.7 Å². The fraction of sp³-hybridized carbons (Fsp3) is 0.308. The van der Waals surface area contributed by atoms with Crippen LogP contribution in [-0.4, -0.2) is 39.5 Å². The van der Waals surface area contributed by atoms with E-state index in [4.69, 9.17) is 12.2 Å². The van der Waals surface area contributed by atoms with E-state index >= 15 is 0 Å². The molecule has 1 saturated heterocycles. The molecule has 1 N–H and O–H groups in total. The molecule has 0 spiro atoms. The van der Waals surface area contributed by atoms with Crippen LogP contribution in [0.5, 0.6) is 0 Å². The van der Waals surface area contributed by atoms with E-state index in [1.54, 1.807) is 4.90 Å². The zero-order valence-corrected chi connectivity index (χ0v) is 20.5. The fourth-order valence-corrected chi connectivity index (χ4v) is 6.36. The van der Waals surface area contributed by atoms with Crippen LogP contribution in [0.3, 0.4) is 0 Å². The van der Waals surface area contributed by atoms with Crippen molar-refractivity contribution in [2.45, 2.75) is 45.1 Å². The monoisotopic (exact) mass is 491 g/mol. The summed E-state index contributed by atoms with van der Waals surface area (Å²) < 4.78 is 0.514. The van der Waals surface area contributed by atoms with Gasteiger partial charge in [0.15, 0.2) is 0 Å². The third-order valence-electron chi connectivity index (χ3n) is 6.61. The van der Waals surface area contributed by atoms with Crippen LogP contribution in [0.4, 0.5) is 11.4 Å². The normalized spacial score (nSPS) is 20.8. The number of carbonyl (C=O) groups excluding carboxylic acids is 3. The number of nitrogens with zero attached hydrogens (tertiary/aromatic N) is 2. The molecule has 2 aromatic carbocycles. The van der Waals surface area contributed by atoms with Crippen molar-refractivity contribution in [1.82, 2.24) is 4.90 Å². The highest BCUT2D eigenvalue weighted by Crippen LogP contribution is 2.45. The summed E-state index contributed by atoms with van der Waals surface area (Å²) in [5.41, 5.74) is 3.29. The molecule has 1 aliphatic carbocycles. The van der Waals surface area contributed by atoms with Gasteiger partial charge in [0.05, 0.1) is 16.2 Å². The summed E-state index contributed by atoms with van der Waals surface area (Å²) in [7, 11) is 0. The second kappa shape index (κ2) is 9.35. The van der Waals surface area contributed by atoms with Crippen molar-refractivity contribution in [3.63, 3.8) is 0 Å². The maximum absolute atomic E-state index is 13.6. The summed E-state index contributed by atoms with van der Waals surface area (Å²) in [6.07, 6.45) is 5.21. The number of anilines is 2. The van der Waals surface area contributed by atoms with Crippen molar-refractivity contribution in [3.05, 3.63) is 64.6 Å². The molecule has 5 rings (SSSR count). The molecule has 2 heterocycles. The third-order valence-corrected chi connectivity index (χ3v) is 8.01. The lowest BCUT2D eigenvalue weighted by Gasteiger charge is -2.29. The van der Waals surface area contributed by atoms with Crippen LogP contribution in [0.25, 0.3) is 5.57 Å². The van der Waals surface area contributed by atoms with Gasteiger partial charge >= 0.3 is 0 Å². The van der Waals surface area contributed by atoms with Gasteiger partial charge in [-0.15, -0.1) is 0 Å². The first-order valence-corrected chi connectivity index (χ1v) is 12.7. The van der Waals surface area contributed by atoms with Crippen LogP contribution < -0.4 is 10.2 Å². The molecular formula is C26H25N3O3S2. The Bertz CT molecular complexity index is 1230. The summed E-state index contributed by atoms with van der Waals surface area (Å²) in [6.45, 7) is 1.77. The van der Waals surface area contributed by atoms with Crippen molar-refractivity contribution in [3.8, 4) is 0 Å². The minimum atomic E-state index is -0.342. The molecule has 2 fully saturated rings. The number of aryl methyl sites for hydroxylation is 1. The van der Waals surface area contributed by atoms with Gasteiger partial charge in [-0.25, -0.2) is 0 Å². The quantitative estimate of drug-likeness (QED) is 0.487. The maximum atomic E-state index is 13.6. The molecule has 0 radical (unpaired) electrons. The third kappa shape index (κ3) is 4.05. The van der Waals surface area contributed by atoms with Crippen LogP contribution in [0.15, 0.2) is 53.4 Å². The fourth-order valence-electron chi connectivity index (χ4n) is 4.89. The Morgan fingerprint density at radius 3 is 2.50 bits per heavy atom. The number of amides is 3. The second-order valence-corrected chi connectivity index (χ2v) is 10.5. The summed E-state index contributed by atoms with van der Waals surface area (Å²) in [4.78, 5) is 43.5. The lowest BCUT2D eigenvalue weighted by Crippen LogP contribution is -2.40. The Kier molecular flexibility index (Phi) is 6.27. The van der Waals surface area contributed by atoms with E-state index in [0.717, 1.165) is 31.2 Å². The highest BCUT2D eigenvalue weighted by molar-refractivity contribution is 8.26. The minimum Gasteiger partial charge on any atom is -0.324 e. The highest BCUT2D eigenvalue weighted by atomic mass is 32.2. The van der Waals surface area contributed by atoms with Crippen LogP contribution in [-0.2, 0) is 14.4 Å². The van der Waals surface area contributed by atoms with Gasteiger partial charge in [0.25, 0.3) is 11.8 Å². The number of benzene rings is 2. The van der Waals surface area contributed by atoms with Gasteiger partial charge in [-0.1, -0.05) is 79.6 Å². The average Bonchev–Trinajstić information content (AvgIpc) is 3.28. The predicted octanol–water partition coefficient (Wildman–Crippen LogP) is 4.88. The number of nitrogens with one attached hydrogen (secondary N) is 1. The lowest BCUT2D eigenvalue weighted by atomic mass is 9.94. The molecule has 2 aromatic rings. The SMILES string of the molecule is Cc1ccccc1NC(=O)CN1C(=O)/C(=C2\SC(=S)N(C3CCCCC3)C2=O)c2ccccc21. The van der Waals surface area contributed by atoms with Crippen molar-refractivity contribution in [2.75, 3.05) is 16.8 Å². The summed E-state index contributed by atoms with van der Waals surface area (Å²) in [5, 5.41) is 2.89. The topological polar surface area (TPSA) is 69.7 Å². The molecule has 0 unspecified atom stereocenters. The van der Waals surface area contributed by atoms with Gasteiger partial charge in [-0.3, -0.25) is 24.2 Å². The molecule has 34 heavy (non-hydrogen) atoms. The standard InChI is InChI=1S/C26H25N3O3S2/c1-16-9-5-7-13-19(16)27-21(30)15-28-20-14-8-6-12-18(20)22(24(28)31)23-25(32)29(26(33)34-23)17-10-3-2-4-11-17/h5-9,12-14,17H,2-4,10-11,15H2,1H3,(H,27,30)/b23-22-. The van der Waals surface area contributed by atoms with Crippen LogP contribution in [0.2, 0.25) is 0 Å². The number of thioether (sulfide) groups is 1. The summed E-state index contributed by atoms with van der Waals surface area (Å²) >= 11 is 6.78. The summed E-state index contributed by atoms with van der Waals surface area (Å²) in [6, 6.07) is 14.9. The maximum Gasteiger partial charge on any atom is 0.267 e. The molecule has 0 atom stereocenters. The van der Waals surface area contributed by atoms with Crippen LogP contribution in [0, 0.1) is 6.92 Å². The molecule has 0 bridgehead atoms. The number of hydrogen-bond acceptors (Lipinski definition) is 5. The first kappa shape index (κ1) is 22.8. The van der Waals surface area contributed by atoms with Crippen molar-refractivity contribution in [1.29, 1.82) is 0 Å². The Morgan fingerprint density at radius 1 is 1.03 bits per heavy atom. The molecule has 3 amide bonds. The smallest absolute Gasteiger partial charge is 0.267 e. The Balaban J connectivity index is 1.44. The van der Waals surface area contributed by atoms with Gasteiger partial charge in [-0.05, 0) is 37.5 Å². The average molecular weight is 492 g/mol. The summed E-state index contributed by atoms with van der Waals surface area (Å²) in [5.74, 6) is -0.829. The number of hydrogen-bond donors (Lipinski definition) is 1. The molecule has 1 saturated carbocycles. The second-order valence-electron chi connectivity index (χ2n) is 8.81. The Hall–Kier alpha value is -2.97. The van der Waals surface area contributed by atoms with Crippen LogP contribution in [0.1, 0.15) is 43.2 Å². The van der Waals surface area contributed by atoms with Gasteiger partial charge in [0.2, 0.25) is 5.91 Å². The van der Waals surface area contributed by atoms with Crippen LogP contribution >= 0.6 is 24.0 Å².